The normalized spacial score (nSPS) is 19.5. The number of rotatable bonds is 4. The Labute approximate surface area is 214 Å². The minimum Gasteiger partial charge on any atom is -0.495 e. The van der Waals surface area contributed by atoms with Gasteiger partial charge in [0.05, 0.1) is 38.0 Å². The number of amidine groups is 1. The molecule has 0 radical (unpaired) electrons. The monoisotopic (exact) mass is 492 g/mol. The SMILES string of the molecule is CC.CC.COc1cc(/C=C2\CCON3C2=NCC3(C)c2ccc(F)cc2)ccc1-n1cnc(C)c1. The summed E-state index contributed by atoms with van der Waals surface area (Å²) in [6.45, 7) is 13.1. The Morgan fingerprint density at radius 1 is 1.08 bits per heavy atom. The van der Waals surface area contributed by atoms with E-state index < -0.39 is 5.54 Å². The van der Waals surface area contributed by atoms with Crippen LogP contribution in [0.25, 0.3) is 11.8 Å². The molecule has 0 N–H and O–H groups in total. The number of aromatic nitrogens is 2. The number of hydrogen-bond donors (Lipinski definition) is 0. The van der Waals surface area contributed by atoms with Gasteiger partial charge in [-0.15, -0.1) is 0 Å². The third kappa shape index (κ3) is 5.36. The molecular formula is C29H37FN4O2. The first-order valence-electron chi connectivity index (χ1n) is 12.6. The number of aliphatic imine (C=N–C) groups is 1. The van der Waals surface area contributed by atoms with Crippen LogP contribution in [0.1, 0.15) is 57.9 Å². The highest BCUT2D eigenvalue weighted by Crippen LogP contribution is 2.39. The lowest BCUT2D eigenvalue weighted by Gasteiger charge is -2.39. The topological polar surface area (TPSA) is 51.9 Å². The van der Waals surface area contributed by atoms with Gasteiger partial charge in [0.2, 0.25) is 0 Å². The van der Waals surface area contributed by atoms with Gasteiger partial charge in [-0.2, -0.15) is 0 Å². The minimum atomic E-state index is -0.469. The zero-order valence-corrected chi connectivity index (χ0v) is 22.4. The lowest BCUT2D eigenvalue weighted by molar-refractivity contribution is -0.160. The molecule has 0 spiro atoms. The number of benzene rings is 2. The molecular weight excluding hydrogens is 455 g/mol. The Morgan fingerprint density at radius 2 is 1.81 bits per heavy atom. The number of methoxy groups -OCH3 is 1. The first-order valence-corrected chi connectivity index (χ1v) is 12.6. The van der Waals surface area contributed by atoms with Crippen LogP contribution in [0.15, 0.2) is 65.6 Å². The van der Waals surface area contributed by atoms with Crippen molar-refractivity contribution in [2.75, 3.05) is 20.3 Å². The van der Waals surface area contributed by atoms with Crippen LogP contribution in [0, 0.1) is 12.7 Å². The summed E-state index contributed by atoms with van der Waals surface area (Å²) in [5.74, 6) is 1.35. The Kier molecular flexibility index (Phi) is 9.04. The highest BCUT2D eigenvalue weighted by molar-refractivity contribution is 6.03. The summed E-state index contributed by atoms with van der Waals surface area (Å²) in [5.41, 5.74) is 4.52. The Hall–Kier alpha value is -3.45. The summed E-state index contributed by atoms with van der Waals surface area (Å²) >= 11 is 0. The fraction of sp³-hybridized carbons (Fsp3) is 0.379. The lowest BCUT2D eigenvalue weighted by Crippen LogP contribution is -2.47. The molecule has 192 valence electrons. The van der Waals surface area contributed by atoms with Gasteiger partial charge in [-0.05, 0) is 60.9 Å². The Bertz CT molecular complexity index is 1220. The molecule has 3 heterocycles. The molecule has 7 heteroatoms. The van der Waals surface area contributed by atoms with E-state index >= 15 is 0 Å². The number of halogens is 1. The van der Waals surface area contributed by atoms with Crippen molar-refractivity contribution in [3.8, 4) is 11.4 Å². The molecule has 1 aromatic heterocycles. The summed E-state index contributed by atoms with van der Waals surface area (Å²) in [4.78, 5) is 15.1. The van der Waals surface area contributed by atoms with E-state index in [1.165, 1.54) is 12.1 Å². The van der Waals surface area contributed by atoms with E-state index in [0.29, 0.717) is 13.2 Å². The number of fused-ring (bicyclic) bond motifs is 1. The number of ether oxygens (including phenoxy) is 1. The van der Waals surface area contributed by atoms with Crippen molar-refractivity contribution in [3.05, 3.63) is 83.2 Å². The third-order valence-electron chi connectivity index (χ3n) is 6.06. The average Bonchev–Trinajstić information content (AvgIpc) is 3.51. The van der Waals surface area contributed by atoms with E-state index in [9.17, 15) is 4.39 Å². The van der Waals surface area contributed by atoms with Crippen LogP contribution < -0.4 is 4.74 Å². The molecule has 0 aliphatic carbocycles. The predicted octanol–water partition coefficient (Wildman–Crippen LogP) is 6.73. The highest BCUT2D eigenvalue weighted by atomic mass is 19.1. The molecule has 1 saturated heterocycles. The summed E-state index contributed by atoms with van der Waals surface area (Å²) in [6, 6.07) is 12.7. The number of hydrogen-bond acceptors (Lipinski definition) is 5. The van der Waals surface area contributed by atoms with E-state index in [1.807, 2.05) is 62.6 Å². The first kappa shape index (κ1) is 27.1. The molecule has 1 fully saturated rings. The van der Waals surface area contributed by atoms with E-state index in [0.717, 1.165) is 46.1 Å². The number of aryl methyl sites for hydroxylation is 1. The van der Waals surface area contributed by atoms with Gasteiger partial charge < -0.3 is 9.30 Å². The highest BCUT2D eigenvalue weighted by Gasteiger charge is 2.44. The van der Waals surface area contributed by atoms with Crippen LogP contribution in [0.3, 0.4) is 0 Å². The quantitative estimate of drug-likeness (QED) is 0.405. The molecule has 2 aliphatic heterocycles. The van der Waals surface area contributed by atoms with Crippen LogP contribution in [-0.4, -0.2) is 40.7 Å². The zero-order chi connectivity index (χ0) is 26.3. The van der Waals surface area contributed by atoms with Crippen LogP contribution in [0.4, 0.5) is 4.39 Å². The van der Waals surface area contributed by atoms with Crippen molar-refractivity contribution in [2.24, 2.45) is 4.99 Å². The van der Waals surface area contributed by atoms with Crippen molar-refractivity contribution in [1.29, 1.82) is 0 Å². The van der Waals surface area contributed by atoms with Gasteiger partial charge in [0.1, 0.15) is 17.1 Å². The van der Waals surface area contributed by atoms with Gasteiger partial charge in [-0.1, -0.05) is 45.9 Å². The van der Waals surface area contributed by atoms with Crippen LogP contribution in [-0.2, 0) is 10.4 Å². The molecule has 6 nitrogen and oxygen atoms in total. The maximum absolute atomic E-state index is 13.4. The standard InChI is InChI=1S/C25H25FN4O2.2C2H6/c1-17-14-29(16-28-17)22-9-4-18(13-23(22)31-3)12-19-10-11-32-30-24(19)27-15-25(30,2)20-5-7-21(26)8-6-20;2*1-2/h4-9,12-14,16H,10-11,15H2,1-3H3;2*1-2H3/b19-12+;;. The van der Waals surface area contributed by atoms with Crippen molar-refractivity contribution in [1.82, 2.24) is 14.6 Å². The van der Waals surface area contributed by atoms with Crippen LogP contribution in [0.2, 0.25) is 0 Å². The van der Waals surface area contributed by atoms with E-state index in [4.69, 9.17) is 14.6 Å². The molecule has 0 amide bonds. The molecule has 2 aromatic carbocycles. The first-order chi connectivity index (χ1) is 17.5. The molecule has 1 atom stereocenters. The van der Waals surface area contributed by atoms with Gasteiger partial charge in [-0.25, -0.2) is 14.4 Å². The Morgan fingerprint density at radius 3 is 2.44 bits per heavy atom. The zero-order valence-electron chi connectivity index (χ0n) is 22.4. The molecule has 5 rings (SSSR count). The van der Waals surface area contributed by atoms with Crippen LogP contribution in [0.5, 0.6) is 5.75 Å². The van der Waals surface area contributed by atoms with Crippen LogP contribution >= 0.6 is 0 Å². The fourth-order valence-electron chi connectivity index (χ4n) is 4.29. The second-order valence-corrected chi connectivity index (χ2v) is 8.32. The number of nitrogens with zero attached hydrogens (tertiary/aromatic N) is 4. The fourth-order valence-corrected chi connectivity index (χ4v) is 4.29. The largest absolute Gasteiger partial charge is 0.495 e. The second kappa shape index (κ2) is 12.0. The summed E-state index contributed by atoms with van der Waals surface area (Å²) in [6.07, 6.45) is 6.65. The predicted molar refractivity (Wildman–Crippen MR) is 144 cm³/mol. The van der Waals surface area contributed by atoms with Gasteiger partial charge in [0, 0.05) is 12.6 Å². The number of imidazole rings is 1. The van der Waals surface area contributed by atoms with Gasteiger partial charge in [0.15, 0.2) is 5.84 Å². The van der Waals surface area contributed by atoms with Gasteiger partial charge >= 0.3 is 0 Å². The van der Waals surface area contributed by atoms with Gasteiger partial charge in [0.25, 0.3) is 0 Å². The van der Waals surface area contributed by atoms with E-state index in [1.54, 1.807) is 25.6 Å². The molecule has 2 aliphatic rings. The molecule has 36 heavy (non-hydrogen) atoms. The van der Waals surface area contributed by atoms with E-state index in [2.05, 4.69) is 24.1 Å². The molecule has 0 bridgehead atoms. The van der Waals surface area contributed by atoms with Crippen molar-refractivity contribution < 1.29 is 14.0 Å². The van der Waals surface area contributed by atoms with Crippen molar-refractivity contribution in [3.63, 3.8) is 0 Å². The Balaban J connectivity index is 0.000000861. The second-order valence-electron chi connectivity index (χ2n) is 8.32. The minimum absolute atomic E-state index is 0.250. The third-order valence-corrected chi connectivity index (χ3v) is 6.06. The smallest absolute Gasteiger partial charge is 0.152 e. The summed E-state index contributed by atoms with van der Waals surface area (Å²) in [5, 5.41) is 1.88. The summed E-state index contributed by atoms with van der Waals surface area (Å²) in [7, 11) is 1.67. The maximum atomic E-state index is 13.4. The van der Waals surface area contributed by atoms with Gasteiger partial charge in [-0.3, -0.25) is 9.83 Å². The average molecular weight is 493 g/mol. The van der Waals surface area contributed by atoms with Crippen molar-refractivity contribution >= 4 is 11.9 Å². The molecule has 3 aromatic rings. The van der Waals surface area contributed by atoms with E-state index in [-0.39, 0.29) is 5.82 Å². The lowest BCUT2D eigenvalue weighted by atomic mass is 9.92. The maximum Gasteiger partial charge on any atom is 0.152 e. The molecule has 1 unspecified atom stereocenters. The molecule has 0 saturated carbocycles. The van der Waals surface area contributed by atoms with Crippen molar-refractivity contribution in [2.45, 2.75) is 53.5 Å². The number of hydroxylamine groups is 2. The summed E-state index contributed by atoms with van der Waals surface area (Å²) < 4.78 is 21.0.